The summed E-state index contributed by atoms with van der Waals surface area (Å²) in [7, 11) is 0.327. The predicted molar refractivity (Wildman–Crippen MR) is 81.8 cm³/mol. The molecule has 0 amide bonds. The monoisotopic (exact) mass is 320 g/mol. The van der Waals surface area contributed by atoms with Crippen LogP contribution < -0.4 is 0 Å². The topological polar surface area (TPSA) is 63.2 Å². The van der Waals surface area contributed by atoms with Crippen LogP contribution in [0.2, 0.25) is 0 Å². The summed E-state index contributed by atoms with van der Waals surface area (Å²) < 4.78 is 27.2. The standard InChI is InChI=1S/C14H28O6Si/c1-7-18-13(4)21(16-5,17-6)20-11-9-8-10-19-14(15)12(2)3/h13H,2,7-11H2,1,3-6H3. The highest BCUT2D eigenvalue weighted by Crippen LogP contribution is 2.16. The van der Waals surface area contributed by atoms with Gasteiger partial charge in [0.1, 0.15) is 5.73 Å². The second kappa shape index (κ2) is 10.9. The van der Waals surface area contributed by atoms with Crippen LogP contribution in [0.25, 0.3) is 0 Å². The fourth-order valence-electron chi connectivity index (χ4n) is 1.71. The molecule has 0 aliphatic rings. The van der Waals surface area contributed by atoms with Crippen molar-refractivity contribution < 1.29 is 27.5 Å². The third-order valence-electron chi connectivity index (χ3n) is 2.91. The summed E-state index contributed by atoms with van der Waals surface area (Å²) in [6, 6.07) is 0. The minimum atomic E-state index is -2.81. The number of rotatable bonds is 12. The molecule has 0 aliphatic carbocycles. The van der Waals surface area contributed by atoms with Gasteiger partial charge in [-0.1, -0.05) is 6.58 Å². The molecule has 1 atom stereocenters. The lowest BCUT2D eigenvalue weighted by Gasteiger charge is -2.31. The molecule has 7 heteroatoms. The van der Waals surface area contributed by atoms with Crippen LogP contribution in [0.4, 0.5) is 0 Å². The molecule has 124 valence electrons. The van der Waals surface area contributed by atoms with Gasteiger partial charge >= 0.3 is 14.8 Å². The lowest BCUT2D eigenvalue weighted by atomic mass is 10.3. The van der Waals surface area contributed by atoms with Gasteiger partial charge in [-0.05, 0) is 33.6 Å². The number of esters is 1. The Kier molecular flexibility index (Phi) is 10.5. The third kappa shape index (κ3) is 7.19. The fourth-order valence-corrected chi connectivity index (χ4v) is 3.81. The summed E-state index contributed by atoms with van der Waals surface area (Å²) in [5.74, 6) is -0.363. The van der Waals surface area contributed by atoms with Crippen molar-refractivity contribution in [2.24, 2.45) is 0 Å². The average Bonchev–Trinajstić information content (AvgIpc) is 2.47. The van der Waals surface area contributed by atoms with E-state index in [1.807, 2.05) is 13.8 Å². The van der Waals surface area contributed by atoms with E-state index in [1.165, 1.54) is 0 Å². The van der Waals surface area contributed by atoms with E-state index in [2.05, 4.69) is 6.58 Å². The Labute approximate surface area is 128 Å². The average molecular weight is 320 g/mol. The molecule has 0 aromatic heterocycles. The normalized spacial score (nSPS) is 13.0. The van der Waals surface area contributed by atoms with Gasteiger partial charge in [0.15, 0.2) is 0 Å². The lowest BCUT2D eigenvalue weighted by Crippen LogP contribution is -2.55. The SMILES string of the molecule is C=C(C)C(=O)OCCCCO[Si](OC)(OC)C(C)OCC. The van der Waals surface area contributed by atoms with Gasteiger partial charge < -0.3 is 22.8 Å². The van der Waals surface area contributed by atoms with E-state index < -0.39 is 8.80 Å². The maximum absolute atomic E-state index is 11.2. The fraction of sp³-hybridized carbons (Fsp3) is 0.786. The van der Waals surface area contributed by atoms with Crippen LogP contribution in [0.15, 0.2) is 12.2 Å². The second-order valence-electron chi connectivity index (χ2n) is 4.58. The van der Waals surface area contributed by atoms with Crippen molar-refractivity contribution >= 4 is 14.8 Å². The first-order valence-electron chi connectivity index (χ1n) is 7.12. The molecule has 0 rings (SSSR count). The van der Waals surface area contributed by atoms with Crippen molar-refractivity contribution in [2.75, 3.05) is 34.0 Å². The van der Waals surface area contributed by atoms with Gasteiger partial charge in [-0.2, -0.15) is 0 Å². The van der Waals surface area contributed by atoms with E-state index in [9.17, 15) is 4.79 Å². The van der Waals surface area contributed by atoms with Crippen LogP contribution in [0, 0.1) is 0 Å². The van der Waals surface area contributed by atoms with E-state index in [0.717, 1.165) is 6.42 Å². The molecule has 0 saturated carbocycles. The largest absolute Gasteiger partial charge is 0.530 e. The minimum absolute atomic E-state index is 0.223. The highest BCUT2D eigenvalue weighted by Gasteiger charge is 2.46. The molecular formula is C14H28O6Si. The minimum Gasteiger partial charge on any atom is -0.462 e. The van der Waals surface area contributed by atoms with Crippen molar-refractivity contribution in [3.63, 3.8) is 0 Å². The smallest absolute Gasteiger partial charge is 0.462 e. The summed E-state index contributed by atoms with van der Waals surface area (Å²) in [6.45, 7) is 10.3. The molecule has 0 saturated heterocycles. The summed E-state index contributed by atoms with van der Waals surface area (Å²) in [6.07, 6.45) is 1.45. The quantitative estimate of drug-likeness (QED) is 0.237. The predicted octanol–water partition coefficient (Wildman–Crippen LogP) is 2.10. The van der Waals surface area contributed by atoms with Crippen molar-refractivity contribution in [1.29, 1.82) is 0 Å². The molecule has 0 heterocycles. The van der Waals surface area contributed by atoms with E-state index in [4.69, 9.17) is 22.8 Å². The van der Waals surface area contributed by atoms with Gasteiger partial charge in [-0.15, -0.1) is 0 Å². The molecule has 0 radical (unpaired) electrons. The molecular weight excluding hydrogens is 292 g/mol. The number of hydrogen-bond acceptors (Lipinski definition) is 6. The maximum Gasteiger partial charge on any atom is 0.530 e. The van der Waals surface area contributed by atoms with E-state index in [1.54, 1.807) is 21.1 Å². The van der Waals surface area contributed by atoms with Crippen LogP contribution in [0.3, 0.4) is 0 Å². The molecule has 1 unspecified atom stereocenters. The lowest BCUT2D eigenvalue weighted by molar-refractivity contribution is -0.139. The molecule has 6 nitrogen and oxygen atoms in total. The number of ether oxygens (including phenoxy) is 2. The van der Waals surface area contributed by atoms with E-state index in [0.29, 0.717) is 31.8 Å². The zero-order valence-corrected chi connectivity index (χ0v) is 14.8. The Morgan fingerprint density at radius 2 is 1.76 bits per heavy atom. The van der Waals surface area contributed by atoms with Gasteiger partial charge in [0, 0.05) is 33.0 Å². The van der Waals surface area contributed by atoms with Gasteiger partial charge in [-0.3, -0.25) is 0 Å². The van der Waals surface area contributed by atoms with Crippen molar-refractivity contribution in [3.05, 3.63) is 12.2 Å². The molecule has 0 fully saturated rings. The summed E-state index contributed by atoms with van der Waals surface area (Å²) in [5, 5.41) is 0. The molecule has 0 bridgehead atoms. The van der Waals surface area contributed by atoms with Crippen molar-refractivity contribution in [1.82, 2.24) is 0 Å². The Balaban J connectivity index is 4.05. The molecule has 21 heavy (non-hydrogen) atoms. The van der Waals surface area contributed by atoms with E-state index in [-0.39, 0.29) is 11.7 Å². The molecule has 0 aromatic rings. The summed E-state index contributed by atoms with van der Waals surface area (Å²) in [4.78, 5) is 11.2. The third-order valence-corrected chi connectivity index (χ3v) is 5.81. The molecule has 0 aliphatic heterocycles. The van der Waals surface area contributed by atoms with E-state index >= 15 is 0 Å². The van der Waals surface area contributed by atoms with Gasteiger partial charge in [0.05, 0.1) is 6.61 Å². The zero-order valence-electron chi connectivity index (χ0n) is 13.8. The number of carbonyl (C=O) groups is 1. The maximum atomic E-state index is 11.2. The highest BCUT2D eigenvalue weighted by molar-refractivity contribution is 6.62. The first-order chi connectivity index (χ1) is 9.93. The van der Waals surface area contributed by atoms with Crippen LogP contribution in [0.1, 0.15) is 33.6 Å². The van der Waals surface area contributed by atoms with Crippen molar-refractivity contribution in [3.8, 4) is 0 Å². The van der Waals surface area contributed by atoms with Crippen LogP contribution in [-0.2, 0) is 27.5 Å². The number of unbranched alkanes of at least 4 members (excludes halogenated alkanes) is 1. The molecule has 0 N–H and O–H groups in total. The van der Waals surface area contributed by atoms with Gasteiger partial charge in [-0.25, -0.2) is 4.79 Å². The Hall–Kier alpha value is -0.733. The van der Waals surface area contributed by atoms with Crippen LogP contribution in [-0.4, -0.2) is 54.5 Å². The van der Waals surface area contributed by atoms with Crippen LogP contribution >= 0.6 is 0 Å². The Morgan fingerprint density at radius 3 is 2.24 bits per heavy atom. The van der Waals surface area contributed by atoms with Gasteiger partial charge in [0.2, 0.25) is 0 Å². The summed E-state index contributed by atoms with van der Waals surface area (Å²) >= 11 is 0. The van der Waals surface area contributed by atoms with Crippen molar-refractivity contribution in [2.45, 2.75) is 39.3 Å². The zero-order chi connectivity index (χ0) is 16.3. The van der Waals surface area contributed by atoms with Crippen LogP contribution in [0.5, 0.6) is 0 Å². The molecule has 0 aromatic carbocycles. The first-order valence-corrected chi connectivity index (χ1v) is 8.92. The highest BCUT2D eigenvalue weighted by atomic mass is 28.4. The van der Waals surface area contributed by atoms with Gasteiger partial charge in [0.25, 0.3) is 0 Å². The number of hydrogen-bond donors (Lipinski definition) is 0. The Bertz CT molecular complexity index is 317. The molecule has 0 spiro atoms. The second-order valence-corrected chi connectivity index (χ2v) is 7.71. The summed E-state index contributed by atoms with van der Waals surface area (Å²) in [5.41, 5.74) is 0.181. The Morgan fingerprint density at radius 1 is 1.19 bits per heavy atom. The first kappa shape index (κ1) is 20.3. The number of carbonyl (C=O) groups excluding carboxylic acids is 1.